The molecule has 3 nitrogen and oxygen atoms in total. The van der Waals surface area contributed by atoms with Gasteiger partial charge in [-0.2, -0.15) is 0 Å². The van der Waals surface area contributed by atoms with Gasteiger partial charge in [-0.25, -0.2) is 4.98 Å². The maximum atomic E-state index is 5.69. The predicted octanol–water partition coefficient (Wildman–Crippen LogP) is 2.65. The summed E-state index contributed by atoms with van der Waals surface area (Å²) >= 11 is 0. The molecule has 0 spiro atoms. The van der Waals surface area contributed by atoms with E-state index in [1.165, 1.54) is 0 Å². The van der Waals surface area contributed by atoms with E-state index >= 15 is 0 Å². The number of aromatic nitrogens is 1. The fourth-order valence-electron chi connectivity index (χ4n) is 1.74. The van der Waals surface area contributed by atoms with E-state index in [4.69, 9.17) is 10.5 Å². The van der Waals surface area contributed by atoms with Gasteiger partial charge >= 0.3 is 0 Å². The van der Waals surface area contributed by atoms with Gasteiger partial charge in [0.1, 0.15) is 0 Å². The van der Waals surface area contributed by atoms with Crippen LogP contribution in [0.15, 0.2) is 43.1 Å². The van der Waals surface area contributed by atoms with Gasteiger partial charge in [0.2, 0.25) is 5.88 Å². The number of hydrogen-bond acceptors (Lipinski definition) is 3. The van der Waals surface area contributed by atoms with Crippen LogP contribution in [0.3, 0.4) is 0 Å². The smallest absolute Gasteiger partial charge is 0.221 e. The molecule has 0 saturated heterocycles. The summed E-state index contributed by atoms with van der Waals surface area (Å²) in [7, 11) is 0. The highest BCUT2D eigenvalue weighted by Gasteiger charge is 2.06. The summed E-state index contributed by atoms with van der Waals surface area (Å²) in [6.45, 7) is 4.75. The number of pyridine rings is 1. The molecular formula is C14H16N2O. The Labute approximate surface area is 101 Å². The molecular weight excluding hydrogens is 212 g/mol. The van der Waals surface area contributed by atoms with E-state index in [0.29, 0.717) is 19.0 Å². The first-order chi connectivity index (χ1) is 8.36. The Morgan fingerprint density at radius 3 is 2.76 bits per heavy atom. The van der Waals surface area contributed by atoms with E-state index in [1.807, 2.05) is 30.3 Å². The topological polar surface area (TPSA) is 48.1 Å². The normalized spacial score (nSPS) is 10.4. The fraction of sp³-hybridized carbons (Fsp3) is 0.214. The molecule has 17 heavy (non-hydrogen) atoms. The average Bonchev–Trinajstić information content (AvgIpc) is 2.39. The van der Waals surface area contributed by atoms with Crippen LogP contribution in [0.25, 0.3) is 10.8 Å². The summed E-state index contributed by atoms with van der Waals surface area (Å²) in [4.78, 5) is 4.31. The summed E-state index contributed by atoms with van der Waals surface area (Å²) in [5.74, 6) is 0.666. The van der Waals surface area contributed by atoms with Crippen molar-refractivity contribution >= 4 is 10.8 Å². The summed E-state index contributed by atoms with van der Waals surface area (Å²) in [5.41, 5.74) is 6.73. The first-order valence-corrected chi connectivity index (χ1v) is 5.67. The molecule has 0 radical (unpaired) electrons. The molecule has 0 amide bonds. The Hall–Kier alpha value is -1.87. The maximum Gasteiger partial charge on any atom is 0.221 e. The van der Waals surface area contributed by atoms with Crippen LogP contribution >= 0.6 is 0 Å². The highest BCUT2D eigenvalue weighted by atomic mass is 16.5. The Morgan fingerprint density at radius 1 is 1.29 bits per heavy atom. The molecule has 0 aliphatic heterocycles. The zero-order valence-electron chi connectivity index (χ0n) is 9.73. The lowest BCUT2D eigenvalue weighted by Crippen LogP contribution is -2.02. The molecule has 0 unspecified atom stereocenters. The third kappa shape index (κ3) is 2.45. The van der Waals surface area contributed by atoms with E-state index in [0.717, 1.165) is 22.8 Å². The van der Waals surface area contributed by atoms with Crippen molar-refractivity contribution in [1.82, 2.24) is 4.98 Å². The quantitative estimate of drug-likeness (QED) is 0.632. The van der Waals surface area contributed by atoms with Crippen LogP contribution in [0.1, 0.15) is 12.0 Å². The van der Waals surface area contributed by atoms with Gasteiger partial charge in [-0.3, -0.25) is 0 Å². The summed E-state index contributed by atoms with van der Waals surface area (Å²) in [5, 5.41) is 2.12. The molecule has 2 aromatic rings. The van der Waals surface area contributed by atoms with E-state index in [9.17, 15) is 0 Å². The number of fused-ring (bicyclic) bond motifs is 1. The van der Waals surface area contributed by atoms with E-state index < -0.39 is 0 Å². The van der Waals surface area contributed by atoms with Crippen molar-refractivity contribution < 1.29 is 4.74 Å². The second-order valence-corrected chi connectivity index (χ2v) is 3.76. The zero-order chi connectivity index (χ0) is 12.1. The molecule has 0 aliphatic rings. The van der Waals surface area contributed by atoms with E-state index in [-0.39, 0.29) is 0 Å². The van der Waals surface area contributed by atoms with Gasteiger partial charge in [-0.05, 0) is 23.4 Å². The lowest BCUT2D eigenvalue weighted by Gasteiger charge is -2.09. The molecule has 0 fully saturated rings. The average molecular weight is 228 g/mol. The second kappa shape index (κ2) is 5.46. The highest BCUT2D eigenvalue weighted by Crippen LogP contribution is 2.25. The van der Waals surface area contributed by atoms with Crippen molar-refractivity contribution in [3.8, 4) is 5.88 Å². The molecule has 1 heterocycles. The van der Waals surface area contributed by atoms with Crippen LogP contribution in [-0.2, 0) is 6.54 Å². The SMILES string of the molecule is C=CCCOc1ncc(CN)c2ccccc12. The Morgan fingerprint density at radius 2 is 2.06 bits per heavy atom. The van der Waals surface area contributed by atoms with Gasteiger partial charge in [0.25, 0.3) is 0 Å². The van der Waals surface area contributed by atoms with Gasteiger partial charge in [0.05, 0.1) is 6.61 Å². The number of benzene rings is 1. The van der Waals surface area contributed by atoms with Gasteiger partial charge < -0.3 is 10.5 Å². The Balaban J connectivity index is 2.40. The maximum absolute atomic E-state index is 5.69. The first-order valence-electron chi connectivity index (χ1n) is 5.67. The lowest BCUT2D eigenvalue weighted by atomic mass is 10.1. The lowest BCUT2D eigenvalue weighted by molar-refractivity contribution is 0.316. The van der Waals surface area contributed by atoms with Gasteiger partial charge in [0, 0.05) is 18.1 Å². The van der Waals surface area contributed by atoms with E-state index in [2.05, 4.69) is 11.6 Å². The van der Waals surface area contributed by atoms with Crippen molar-refractivity contribution in [2.45, 2.75) is 13.0 Å². The highest BCUT2D eigenvalue weighted by molar-refractivity contribution is 5.89. The summed E-state index contributed by atoms with van der Waals surface area (Å²) in [6.07, 6.45) is 4.43. The predicted molar refractivity (Wildman–Crippen MR) is 69.9 cm³/mol. The van der Waals surface area contributed by atoms with Crippen LogP contribution in [0.5, 0.6) is 5.88 Å². The van der Waals surface area contributed by atoms with Crippen LogP contribution in [0.4, 0.5) is 0 Å². The molecule has 0 atom stereocenters. The van der Waals surface area contributed by atoms with Crippen molar-refractivity contribution in [2.24, 2.45) is 5.73 Å². The molecule has 1 aromatic heterocycles. The molecule has 3 heteroatoms. The number of hydrogen-bond donors (Lipinski definition) is 1. The summed E-state index contributed by atoms with van der Waals surface area (Å²) in [6, 6.07) is 8.02. The van der Waals surface area contributed by atoms with Crippen molar-refractivity contribution in [3.63, 3.8) is 0 Å². The Bertz CT molecular complexity index is 523. The first kappa shape index (κ1) is 11.6. The zero-order valence-corrected chi connectivity index (χ0v) is 9.73. The molecule has 2 rings (SSSR count). The number of ether oxygens (including phenoxy) is 1. The fourth-order valence-corrected chi connectivity index (χ4v) is 1.74. The number of nitrogens with zero attached hydrogens (tertiary/aromatic N) is 1. The van der Waals surface area contributed by atoms with Gasteiger partial charge in [0.15, 0.2) is 0 Å². The van der Waals surface area contributed by atoms with Crippen LogP contribution in [0, 0.1) is 0 Å². The van der Waals surface area contributed by atoms with Gasteiger partial charge in [-0.15, -0.1) is 6.58 Å². The molecule has 0 saturated carbocycles. The monoisotopic (exact) mass is 228 g/mol. The van der Waals surface area contributed by atoms with Gasteiger partial charge in [-0.1, -0.05) is 24.3 Å². The summed E-state index contributed by atoms with van der Waals surface area (Å²) < 4.78 is 5.64. The van der Waals surface area contributed by atoms with Crippen LogP contribution < -0.4 is 10.5 Å². The third-order valence-electron chi connectivity index (χ3n) is 2.62. The minimum Gasteiger partial charge on any atom is -0.477 e. The van der Waals surface area contributed by atoms with Crippen LogP contribution in [0.2, 0.25) is 0 Å². The van der Waals surface area contributed by atoms with Crippen molar-refractivity contribution in [3.05, 3.63) is 48.7 Å². The van der Waals surface area contributed by atoms with Crippen molar-refractivity contribution in [2.75, 3.05) is 6.61 Å². The molecule has 2 N–H and O–H groups in total. The standard InChI is InChI=1S/C14H16N2O/c1-2-3-8-17-14-13-7-5-4-6-12(13)11(9-15)10-16-14/h2,4-7,10H,1,3,8-9,15H2. The van der Waals surface area contributed by atoms with E-state index in [1.54, 1.807) is 6.20 Å². The molecule has 0 aliphatic carbocycles. The minimum absolute atomic E-state index is 0.487. The number of nitrogens with two attached hydrogens (primary N) is 1. The second-order valence-electron chi connectivity index (χ2n) is 3.76. The minimum atomic E-state index is 0.487. The molecule has 1 aromatic carbocycles. The van der Waals surface area contributed by atoms with Crippen LogP contribution in [-0.4, -0.2) is 11.6 Å². The molecule has 0 bridgehead atoms. The largest absolute Gasteiger partial charge is 0.477 e. The third-order valence-corrected chi connectivity index (χ3v) is 2.62. The Kier molecular flexibility index (Phi) is 3.73. The van der Waals surface area contributed by atoms with Crippen molar-refractivity contribution in [1.29, 1.82) is 0 Å². The number of rotatable bonds is 5. The molecule has 88 valence electrons.